The number of unbranched alkanes of at least 4 members (excludes halogenated alkanes) is 3. The molecule has 0 saturated heterocycles. The van der Waals surface area contributed by atoms with Crippen molar-refractivity contribution in [3.63, 3.8) is 0 Å². The summed E-state index contributed by atoms with van der Waals surface area (Å²) in [7, 11) is 0. The van der Waals surface area contributed by atoms with Crippen molar-refractivity contribution in [3.05, 3.63) is 87.5 Å². The highest BCUT2D eigenvalue weighted by Crippen LogP contribution is 2.35. The molecule has 164 valence electrons. The zero-order valence-electron chi connectivity index (χ0n) is 19.9. The summed E-state index contributed by atoms with van der Waals surface area (Å²) in [5, 5.41) is 0. The third kappa shape index (κ3) is 7.51. The highest BCUT2D eigenvalue weighted by molar-refractivity contribution is 5.87. The van der Waals surface area contributed by atoms with Crippen LogP contribution in [0.4, 0.5) is 0 Å². The number of hydrogen-bond acceptors (Lipinski definition) is 0. The second-order valence-corrected chi connectivity index (χ2v) is 8.42. The predicted molar refractivity (Wildman–Crippen MR) is 133 cm³/mol. The Morgan fingerprint density at radius 1 is 0.839 bits per heavy atom. The highest BCUT2D eigenvalue weighted by Gasteiger charge is 2.18. The summed E-state index contributed by atoms with van der Waals surface area (Å²) in [4.78, 5) is 3.33. The van der Waals surface area contributed by atoms with Crippen molar-refractivity contribution in [2.24, 2.45) is 0 Å². The molecule has 0 fully saturated rings. The van der Waals surface area contributed by atoms with Crippen molar-refractivity contribution in [2.45, 2.75) is 85.5 Å². The molecule has 0 saturated carbocycles. The zero-order valence-corrected chi connectivity index (χ0v) is 19.9. The summed E-state index contributed by atoms with van der Waals surface area (Å²) in [6.07, 6.45) is 9.78. The van der Waals surface area contributed by atoms with Crippen molar-refractivity contribution in [1.82, 2.24) is 0 Å². The van der Waals surface area contributed by atoms with Crippen LogP contribution in [0.15, 0.2) is 59.7 Å². The van der Waals surface area contributed by atoms with Crippen molar-refractivity contribution in [3.8, 4) is 0 Å². The van der Waals surface area contributed by atoms with E-state index in [0.29, 0.717) is 0 Å². The first-order chi connectivity index (χ1) is 15.1. The van der Waals surface area contributed by atoms with Crippen LogP contribution in [0.1, 0.15) is 94.4 Å². The molecule has 0 atom stereocenters. The molecule has 0 aliphatic heterocycles. The van der Waals surface area contributed by atoms with Crippen LogP contribution in [0.2, 0.25) is 0 Å². The molecule has 0 heterocycles. The molecule has 2 nitrogen and oxygen atoms in total. The van der Waals surface area contributed by atoms with Gasteiger partial charge in [-0.2, -0.15) is 0 Å². The van der Waals surface area contributed by atoms with Crippen molar-refractivity contribution < 1.29 is 4.79 Å². The van der Waals surface area contributed by atoms with Gasteiger partial charge in [0.2, 0.25) is 0 Å². The molecule has 0 bridgehead atoms. The third-order valence-electron chi connectivity index (χ3n) is 5.78. The van der Waals surface area contributed by atoms with E-state index in [1.54, 1.807) is 0 Å². The van der Waals surface area contributed by atoms with E-state index in [1.807, 2.05) is 0 Å². The van der Waals surface area contributed by atoms with Gasteiger partial charge in [-0.3, -0.25) is 0 Å². The quantitative estimate of drug-likeness (QED) is 0.145. The molecule has 0 radical (unpaired) electrons. The van der Waals surface area contributed by atoms with E-state index in [9.17, 15) is 5.53 Å². The number of benzene rings is 2. The Kier molecular flexibility index (Phi) is 10.8. The first kappa shape index (κ1) is 24.6. The molecule has 31 heavy (non-hydrogen) atoms. The molecule has 0 aliphatic rings. The normalized spacial score (nSPS) is 11.5. The fourth-order valence-electron chi connectivity index (χ4n) is 4.00. The molecule has 2 aromatic carbocycles. The predicted octanol–water partition coefficient (Wildman–Crippen LogP) is 8.35. The lowest BCUT2D eigenvalue weighted by Crippen LogP contribution is -2.01. The summed E-state index contributed by atoms with van der Waals surface area (Å²) >= 11 is 0. The molecule has 2 heteroatoms. The number of nitrogens with zero attached hydrogens (tertiary/aromatic N) is 2. The van der Waals surface area contributed by atoms with Crippen LogP contribution in [0.5, 0.6) is 0 Å². The molecular formula is C29H38N2. The minimum absolute atomic E-state index is 0.878. The van der Waals surface area contributed by atoms with Crippen LogP contribution in [0.3, 0.4) is 0 Å². The van der Waals surface area contributed by atoms with E-state index in [2.05, 4.69) is 86.9 Å². The molecule has 0 unspecified atom stereocenters. The first-order valence-electron chi connectivity index (χ1n) is 12.0. The molecule has 0 spiro atoms. The van der Waals surface area contributed by atoms with Gasteiger partial charge in [0.25, 0.3) is 0 Å². The largest absolute Gasteiger partial charge is 0.348 e. The van der Waals surface area contributed by atoms with Gasteiger partial charge in [-0.25, -0.2) is 0 Å². The van der Waals surface area contributed by atoms with E-state index in [1.165, 1.54) is 46.2 Å². The second kappa shape index (κ2) is 13.6. The third-order valence-corrected chi connectivity index (χ3v) is 5.78. The Labute approximate surface area is 189 Å². The lowest BCUT2D eigenvalue weighted by Gasteiger charge is -2.18. The maximum Gasteiger partial charge on any atom is 0.303 e. The van der Waals surface area contributed by atoms with Crippen LogP contribution in [0.25, 0.3) is 11.1 Å². The molecule has 0 aliphatic carbocycles. The fraction of sp³-hybridized carbons (Fsp3) is 0.448. The monoisotopic (exact) mass is 414 g/mol. The number of aryl methyl sites for hydroxylation is 2. The summed E-state index contributed by atoms with van der Waals surface area (Å²) in [6.45, 7) is 8.80. The summed E-state index contributed by atoms with van der Waals surface area (Å²) in [5.74, 6) is 2.94. The Bertz CT molecular complexity index is 937. The van der Waals surface area contributed by atoms with E-state index in [-0.39, 0.29) is 0 Å². The number of hydrogen-bond donors (Lipinski definition) is 0. The van der Waals surface area contributed by atoms with Crippen LogP contribution >= 0.6 is 0 Å². The second-order valence-electron chi connectivity index (χ2n) is 8.42. The summed E-state index contributed by atoms with van der Waals surface area (Å²) in [6, 6.07) is 17.8. The lowest BCUT2D eigenvalue weighted by atomic mass is 9.85. The summed E-state index contributed by atoms with van der Waals surface area (Å²) in [5.41, 5.74) is 18.0. The van der Waals surface area contributed by atoms with Gasteiger partial charge in [0.15, 0.2) is 0 Å². The van der Waals surface area contributed by atoms with Crippen molar-refractivity contribution >= 4 is 11.4 Å². The highest BCUT2D eigenvalue weighted by atomic mass is 14.8. The van der Waals surface area contributed by atoms with Crippen LogP contribution in [-0.2, 0) is 6.42 Å². The van der Waals surface area contributed by atoms with Gasteiger partial charge < -0.3 is 5.53 Å². The fourth-order valence-corrected chi connectivity index (χ4v) is 4.00. The van der Waals surface area contributed by atoms with E-state index < -0.39 is 0 Å². The van der Waals surface area contributed by atoms with Gasteiger partial charge in [-0.05, 0) is 73.3 Å². The Morgan fingerprint density at radius 2 is 1.52 bits per heavy atom. The summed E-state index contributed by atoms with van der Waals surface area (Å²) < 4.78 is 0. The van der Waals surface area contributed by atoms with Crippen molar-refractivity contribution in [1.29, 1.82) is 0 Å². The standard InChI is InChI=1S/C29H38N2/c1-5-8-13-24-17-19-25(20-18-24)29(26-15-11-12-23(4)21-26)28(16-10-7-3)27(22-31-30)14-9-6-2/h11-12,15,17-21H,5-10,13-14,16H2,1-4H3. The van der Waals surface area contributed by atoms with Crippen molar-refractivity contribution in [2.75, 3.05) is 0 Å². The maximum absolute atomic E-state index is 9.37. The van der Waals surface area contributed by atoms with Crippen LogP contribution < -0.4 is 0 Å². The topological polar surface area (TPSA) is 36.4 Å². The Hall–Kier alpha value is -2.66. The first-order valence-corrected chi connectivity index (χ1v) is 12.0. The van der Waals surface area contributed by atoms with Gasteiger partial charge in [0.05, 0.1) is 5.57 Å². The Balaban J connectivity index is 2.72. The van der Waals surface area contributed by atoms with E-state index in [4.69, 9.17) is 0 Å². The molecule has 0 amide bonds. The van der Waals surface area contributed by atoms with E-state index >= 15 is 0 Å². The van der Waals surface area contributed by atoms with Crippen LogP contribution in [-0.4, -0.2) is 10.7 Å². The van der Waals surface area contributed by atoms with Crippen LogP contribution in [0, 0.1) is 6.92 Å². The molecule has 0 N–H and O–H groups in total. The maximum atomic E-state index is 9.37. The van der Waals surface area contributed by atoms with Gasteiger partial charge >= 0.3 is 5.87 Å². The number of rotatable bonds is 12. The average molecular weight is 415 g/mol. The smallest absolute Gasteiger partial charge is 0.303 e. The van der Waals surface area contributed by atoms with E-state index in [0.717, 1.165) is 50.5 Å². The SMILES string of the molecule is CCCCC(=C=[N+]=[N-])C(CCCC)=C(c1ccc(CCCC)cc1)c1cccc(C)c1. The Morgan fingerprint density at radius 3 is 2.13 bits per heavy atom. The molecule has 2 aromatic rings. The number of allylic oxidation sites excluding steroid dienone is 2. The zero-order chi connectivity index (χ0) is 22.5. The van der Waals surface area contributed by atoms with Gasteiger partial charge in [-0.1, -0.05) is 94.1 Å². The lowest BCUT2D eigenvalue weighted by molar-refractivity contribution is 0.00739. The minimum Gasteiger partial charge on any atom is -0.348 e. The van der Waals surface area contributed by atoms with Gasteiger partial charge in [0.1, 0.15) is 0 Å². The van der Waals surface area contributed by atoms with Gasteiger partial charge in [-0.15, -0.1) is 4.79 Å². The minimum atomic E-state index is 0.878. The van der Waals surface area contributed by atoms with Gasteiger partial charge in [0, 0.05) is 0 Å². The average Bonchev–Trinajstić information content (AvgIpc) is 2.78. The molecular weight excluding hydrogens is 376 g/mol. The molecule has 0 aromatic heterocycles. The molecule has 2 rings (SSSR count).